The van der Waals surface area contributed by atoms with Gasteiger partial charge in [0.2, 0.25) is 6.08 Å². The van der Waals surface area contributed by atoms with Crippen molar-refractivity contribution in [2.24, 2.45) is 4.99 Å². The Bertz CT molecular complexity index is 464. The number of isocyanates is 1. The predicted octanol–water partition coefficient (Wildman–Crippen LogP) is 1.36. The fourth-order valence-corrected chi connectivity index (χ4v) is 2.18. The number of morpholine rings is 1. The average Bonchev–Trinajstić information content (AvgIpc) is 2.46. The monoisotopic (exact) mass is 262 g/mol. The predicted molar refractivity (Wildman–Crippen MR) is 70.9 cm³/mol. The summed E-state index contributed by atoms with van der Waals surface area (Å²) in [5.41, 5.74) is 2.11. The van der Waals surface area contributed by atoms with E-state index in [0.717, 1.165) is 49.7 Å². The lowest BCUT2D eigenvalue weighted by atomic mass is 10.1. The van der Waals surface area contributed by atoms with Gasteiger partial charge < -0.3 is 9.47 Å². The molecule has 2 rings (SSSR count). The van der Waals surface area contributed by atoms with Crippen molar-refractivity contribution in [3.8, 4) is 5.75 Å². The topological polar surface area (TPSA) is 51.1 Å². The van der Waals surface area contributed by atoms with E-state index in [2.05, 4.69) is 9.89 Å². The van der Waals surface area contributed by atoms with Gasteiger partial charge >= 0.3 is 0 Å². The van der Waals surface area contributed by atoms with Crippen molar-refractivity contribution >= 4 is 6.08 Å². The fourth-order valence-electron chi connectivity index (χ4n) is 2.18. The van der Waals surface area contributed by atoms with Gasteiger partial charge in [0.05, 0.1) is 26.9 Å². The number of ether oxygens (including phenoxy) is 2. The number of hydrogen-bond acceptors (Lipinski definition) is 5. The third-order valence-corrected chi connectivity index (χ3v) is 3.17. The molecule has 5 heteroatoms. The van der Waals surface area contributed by atoms with Crippen LogP contribution in [0.1, 0.15) is 11.1 Å². The van der Waals surface area contributed by atoms with E-state index in [1.54, 1.807) is 13.2 Å². The second-order valence-electron chi connectivity index (χ2n) is 4.44. The molecular weight excluding hydrogens is 244 g/mol. The van der Waals surface area contributed by atoms with Crippen LogP contribution < -0.4 is 4.74 Å². The molecule has 19 heavy (non-hydrogen) atoms. The van der Waals surface area contributed by atoms with Crippen LogP contribution in [0.15, 0.2) is 23.2 Å². The van der Waals surface area contributed by atoms with Crippen LogP contribution in [0.25, 0.3) is 0 Å². The van der Waals surface area contributed by atoms with Gasteiger partial charge in [-0.3, -0.25) is 4.90 Å². The zero-order valence-electron chi connectivity index (χ0n) is 11.1. The van der Waals surface area contributed by atoms with Crippen LogP contribution in [0.2, 0.25) is 0 Å². The molecule has 0 aromatic heterocycles. The van der Waals surface area contributed by atoms with Gasteiger partial charge in [-0.1, -0.05) is 6.07 Å². The molecule has 0 spiro atoms. The van der Waals surface area contributed by atoms with Crippen LogP contribution in [-0.2, 0) is 22.6 Å². The van der Waals surface area contributed by atoms with Crippen LogP contribution in [-0.4, -0.2) is 44.4 Å². The zero-order chi connectivity index (χ0) is 13.5. The number of hydrogen-bond donors (Lipinski definition) is 0. The minimum atomic E-state index is 0.365. The Hall–Kier alpha value is -1.68. The number of aliphatic imine (C=N–C) groups is 1. The summed E-state index contributed by atoms with van der Waals surface area (Å²) in [6.07, 6.45) is 1.56. The first kappa shape index (κ1) is 13.7. The molecule has 102 valence electrons. The number of benzene rings is 1. The molecule has 1 aliphatic heterocycles. The summed E-state index contributed by atoms with van der Waals surface area (Å²) >= 11 is 0. The van der Waals surface area contributed by atoms with Crippen molar-refractivity contribution in [3.63, 3.8) is 0 Å². The maximum atomic E-state index is 10.2. The smallest absolute Gasteiger partial charge is 0.235 e. The summed E-state index contributed by atoms with van der Waals surface area (Å²) in [6.45, 7) is 4.60. The normalized spacial score (nSPS) is 15.8. The standard InChI is InChI=1S/C14H18N2O3/c1-18-14-3-2-12(9-15-11-17)8-13(14)10-16-4-6-19-7-5-16/h2-3,8H,4-7,9-10H2,1H3. The molecule has 1 aromatic rings. The molecule has 1 aliphatic rings. The van der Waals surface area contributed by atoms with Gasteiger partial charge in [0, 0.05) is 25.2 Å². The van der Waals surface area contributed by atoms with E-state index in [-0.39, 0.29) is 0 Å². The highest BCUT2D eigenvalue weighted by molar-refractivity contribution is 5.39. The Balaban J connectivity index is 2.12. The summed E-state index contributed by atoms with van der Waals surface area (Å²) in [5.74, 6) is 0.866. The van der Waals surface area contributed by atoms with Crippen LogP contribution in [0.4, 0.5) is 0 Å². The first-order chi connectivity index (χ1) is 9.33. The van der Waals surface area contributed by atoms with Gasteiger partial charge in [0.25, 0.3) is 0 Å². The molecule has 0 atom stereocenters. The van der Waals surface area contributed by atoms with Crippen molar-refractivity contribution in [1.82, 2.24) is 4.90 Å². The molecule has 0 N–H and O–H groups in total. The number of rotatable bonds is 5. The second-order valence-corrected chi connectivity index (χ2v) is 4.44. The van der Waals surface area contributed by atoms with Crippen LogP contribution >= 0.6 is 0 Å². The highest BCUT2D eigenvalue weighted by atomic mass is 16.5. The maximum Gasteiger partial charge on any atom is 0.235 e. The van der Waals surface area contributed by atoms with E-state index in [4.69, 9.17) is 9.47 Å². The highest BCUT2D eigenvalue weighted by Crippen LogP contribution is 2.22. The number of carbonyl (C=O) groups excluding carboxylic acids is 1. The molecule has 0 bridgehead atoms. The summed E-state index contributed by atoms with van der Waals surface area (Å²) in [5, 5.41) is 0. The molecule has 1 aromatic carbocycles. The Kier molecular flexibility index (Phi) is 5.10. The van der Waals surface area contributed by atoms with E-state index in [0.29, 0.717) is 6.54 Å². The van der Waals surface area contributed by atoms with Crippen molar-refractivity contribution in [1.29, 1.82) is 0 Å². The van der Waals surface area contributed by atoms with E-state index in [1.165, 1.54) is 0 Å². The van der Waals surface area contributed by atoms with Gasteiger partial charge in [-0.15, -0.1) is 0 Å². The molecule has 0 aliphatic carbocycles. The highest BCUT2D eigenvalue weighted by Gasteiger charge is 2.13. The lowest BCUT2D eigenvalue weighted by Gasteiger charge is -2.27. The van der Waals surface area contributed by atoms with E-state index < -0.39 is 0 Å². The van der Waals surface area contributed by atoms with Crippen LogP contribution in [0, 0.1) is 0 Å². The first-order valence-electron chi connectivity index (χ1n) is 6.33. The molecule has 1 heterocycles. The Morgan fingerprint density at radius 2 is 2.21 bits per heavy atom. The summed E-state index contributed by atoms with van der Waals surface area (Å²) < 4.78 is 10.7. The third-order valence-electron chi connectivity index (χ3n) is 3.17. The van der Waals surface area contributed by atoms with Gasteiger partial charge in [0.15, 0.2) is 0 Å². The van der Waals surface area contributed by atoms with Gasteiger partial charge in [-0.05, 0) is 17.7 Å². The van der Waals surface area contributed by atoms with Crippen LogP contribution in [0.5, 0.6) is 5.75 Å². The number of methoxy groups -OCH3 is 1. The Labute approximate surface area is 112 Å². The second kappa shape index (κ2) is 7.04. The molecule has 5 nitrogen and oxygen atoms in total. The largest absolute Gasteiger partial charge is 0.496 e. The van der Waals surface area contributed by atoms with E-state index in [9.17, 15) is 4.79 Å². The Morgan fingerprint density at radius 1 is 1.42 bits per heavy atom. The van der Waals surface area contributed by atoms with Gasteiger partial charge in [-0.25, -0.2) is 9.79 Å². The fraction of sp³-hybridized carbons (Fsp3) is 0.500. The van der Waals surface area contributed by atoms with Crippen molar-refractivity contribution in [2.75, 3.05) is 33.4 Å². The lowest BCUT2D eigenvalue weighted by Crippen LogP contribution is -2.35. The number of nitrogens with zero attached hydrogens (tertiary/aromatic N) is 2. The maximum absolute atomic E-state index is 10.2. The quantitative estimate of drug-likeness (QED) is 0.594. The van der Waals surface area contributed by atoms with E-state index in [1.807, 2.05) is 18.2 Å². The first-order valence-corrected chi connectivity index (χ1v) is 6.33. The molecule has 1 fully saturated rings. The van der Waals surface area contributed by atoms with Gasteiger partial charge in [0.1, 0.15) is 5.75 Å². The van der Waals surface area contributed by atoms with Crippen molar-refractivity contribution in [2.45, 2.75) is 13.1 Å². The molecule has 0 amide bonds. The summed E-state index contributed by atoms with van der Waals surface area (Å²) in [6, 6.07) is 5.88. The Morgan fingerprint density at radius 3 is 2.89 bits per heavy atom. The molecule has 0 saturated carbocycles. The SMILES string of the molecule is COc1ccc(CN=C=O)cc1CN1CCOCC1. The summed E-state index contributed by atoms with van der Waals surface area (Å²) in [7, 11) is 1.67. The van der Waals surface area contributed by atoms with Crippen LogP contribution in [0.3, 0.4) is 0 Å². The zero-order valence-corrected chi connectivity index (χ0v) is 11.1. The lowest BCUT2D eigenvalue weighted by molar-refractivity contribution is 0.0339. The van der Waals surface area contributed by atoms with E-state index >= 15 is 0 Å². The molecule has 1 saturated heterocycles. The molecule has 0 radical (unpaired) electrons. The minimum Gasteiger partial charge on any atom is -0.496 e. The summed E-state index contributed by atoms with van der Waals surface area (Å²) in [4.78, 5) is 16.1. The van der Waals surface area contributed by atoms with Crippen molar-refractivity contribution < 1.29 is 14.3 Å². The minimum absolute atomic E-state index is 0.365. The van der Waals surface area contributed by atoms with Gasteiger partial charge in [-0.2, -0.15) is 0 Å². The molecule has 0 unspecified atom stereocenters. The average molecular weight is 262 g/mol. The molecular formula is C14H18N2O3. The van der Waals surface area contributed by atoms with Crippen molar-refractivity contribution in [3.05, 3.63) is 29.3 Å². The third kappa shape index (κ3) is 3.89.